The molecule has 4 rings (SSSR count). The molecule has 28 heavy (non-hydrogen) atoms. The van der Waals surface area contributed by atoms with Gasteiger partial charge >= 0.3 is 0 Å². The first-order valence-electron chi connectivity index (χ1n) is 9.46. The summed E-state index contributed by atoms with van der Waals surface area (Å²) in [6.45, 7) is -0.0402. The molecule has 0 atom stereocenters. The first-order chi connectivity index (χ1) is 13.6. The van der Waals surface area contributed by atoms with Crippen molar-refractivity contribution in [2.45, 2.75) is 36.6 Å². The standard InChI is InChI=1S/C22H21FN2O2S/c23-17-10-4-1-7-15(17)13-20-22(27)25(18-11-5-6-12-19(18)28-20)14-21(26)24-16-8-2-3-9-16/h1,4-7,10-13,16H,2-3,8-9,14H2,(H,24,26)/b20-13-. The number of carbonyl (C=O) groups is 2. The van der Waals surface area contributed by atoms with E-state index in [1.54, 1.807) is 24.3 Å². The molecule has 1 heterocycles. The summed E-state index contributed by atoms with van der Waals surface area (Å²) in [6, 6.07) is 14.0. The van der Waals surface area contributed by atoms with Crippen LogP contribution < -0.4 is 10.2 Å². The second-order valence-electron chi connectivity index (χ2n) is 7.04. The maximum absolute atomic E-state index is 14.1. The van der Waals surface area contributed by atoms with Crippen molar-refractivity contribution in [1.29, 1.82) is 0 Å². The number of para-hydroxylation sites is 1. The fraction of sp³-hybridized carbons (Fsp3) is 0.273. The van der Waals surface area contributed by atoms with Crippen molar-refractivity contribution in [2.75, 3.05) is 11.4 Å². The van der Waals surface area contributed by atoms with Gasteiger partial charge in [0.2, 0.25) is 5.91 Å². The summed E-state index contributed by atoms with van der Waals surface area (Å²) in [4.78, 5) is 28.4. The van der Waals surface area contributed by atoms with Gasteiger partial charge < -0.3 is 5.32 Å². The Morgan fingerprint density at radius 2 is 1.86 bits per heavy atom. The molecule has 1 aliphatic heterocycles. The lowest BCUT2D eigenvalue weighted by atomic mass is 10.2. The van der Waals surface area contributed by atoms with Gasteiger partial charge in [-0.1, -0.05) is 54.9 Å². The highest BCUT2D eigenvalue weighted by Gasteiger charge is 2.31. The van der Waals surface area contributed by atoms with E-state index >= 15 is 0 Å². The predicted octanol–water partition coefficient (Wildman–Crippen LogP) is 4.36. The van der Waals surface area contributed by atoms with Gasteiger partial charge in [0.05, 0.1) is 10.6 Å². The van der Waals surface area contributed by atoms with E-state index in [-0.39, 0.29) is 30.2 Å². The normalized spacial score (nSPS) is 18.4. The molecule has 2 aliphatic rings. The first-order valence-corrected chi connectivity index (χ1v) is 10.3. The Morgan fingerprint density at radius 3 is 2.64 bits per heavy atom. The number of hydrogen-bond acceptors (Lipinski definition) is 3. The van der Waals surface area contributed by atoms with E-state index in [0.717, 1.165) is 30.6 Å². The number of rotatable bonds is 4. The fourth-order valence-corrected chi connectivity index (χ4v) is 4.69. The zero-order valence-electron chi connectivity index (χ0n) is 15.4. The number of anilines is 1. The molecule has 6 heteroatoms. The van der Waals surface area contributed by atoms with Gasteiger partial charge in [0.25, 0.3) is 5.91 Å². The van der Waals surface area contributed by atoms with Crippen LogP contribution in [0, 0.1) is 5.82 Å². The quantitative estimate of drug-likeness (QED) is 0.781. The second-order valence-corrected chi connectivity index (χ2v) is 8.12. The molecule has 144 valence electrons. The van der Waals surface area contributed by atoms with Gasteiger partial charge in [-0.05, 0) is 37.1 Å². The zero-order chi connectivity index (χ0) is 19.5. The lowest BCUT2D eigenvalue weighted by Crippen LogP contribution is -2.45. The molecule has 1 saturated carbocycles. The Bertz CT molecular complexity index is 938. The predicted molar refractivity (Wildman–Crippen MR) is 109 cm³/mol. The molecule has 0 saturated heterocycles. The van der Waals surface area contributed by atoms with Crippen LogP contribution >= 0.6 is 11.8 Å². The van der Waals surface area contributed by atoms with Gasteiger partial charge in [0, 0.05) is 16.5 Å². The summed E-state index contributed by atoms with van der Waals surface area (Å²) >= 11 is 1.30. The van der Waals surface area contributed by atoms with Crippen LogP contribution in [0.15, 0.2) is 58.3 Å². The average Bonchev–Trinajstić information content (AvgIpc) is 3.19. The maximum atomic E-state index is 14.1. The lowest BCUT2D eigenvalue weighted by molar-refractivity contribution is -0.122. The summed E-state index contributed by atoms with van der Waals surface area (Å²) in [5.74, 6) is -0.825. The van der Waals surface area contributed by atoms with Gasteiger partial charge in [-0.2, -0.15) is 0 Å². The highest BCUT2D eigenvalue weighted by molar-refractivity contribution is 8.04. The molecule has 4 nitrogen and oxygen atoms in total. The minimum Gasteiger partial charge on any atom is -0.352 e. The molecule has 0 bridgehead atoms. The molecular weight excluding hydrogens is 375 g/mol. The van der Waals surface area contributed by atoms with E-state index in [4.69, 9.17) is 0 Å². The first kappa shape index (κ1) is 18.7. The van der Waals surface area contributed by atoms with Crippen LogP contribution in [0.3, 0.4) is 0 Å². The third kappa shape index (κ3) is 3.97. The number of fused-ring (bicyclic) bond motifs is 1. The number of nitrogens with zero attached hydrogens (tertiary/aromatic N) is 1. The van der Waals surface area contributed by atoms with E-state index in [2.05, 4.69) is 5.32 Å². The Balaban J connectivity index is 1.61. The van der Waals surface area contributed by atoms with Crippen molar-refractivity contribution in [2.24, 2.45) is 0 Å². The Kier molecular flexibility index (Phi) is 5.48. The smallest absolute Gasteiger partial charge is 0.265 e. The molecule has 0 aromatic heterocycles. The summed E-state index contributed by atoms with van der Waals surface area (Å²) in [5, 5.41) is 3.03. The number of carbonyl (C=O) groups excluding carboxylic acids is 2. The summed E-state index contributed by atoms with van der Waals surface area (Å²) in [6.07, 6.45) is 5.79. The van der Waals surface area contributed by atoms with Crippen LogP contribution in [-0.2, 0) is 9.59 Å². The number of amides is 2. The molecule has 2 aromatic carbocycles. The second kappa shape index (κ2) is 8.19. The minimum atomic E-state index is -0.382. The number of benzene rings is 2. The Labute approximate surface area is 167 Å². The fourth-order valence-electron chi connectivity index (χ4n) is 3.64. The van der Waals surface area contributed by atoms with E-state index in [1.165, 1.54) is 22.7 Å². The molecule has 1 fully saturated rings. The number of halogens is 1. The molecular formula is C22H21FN2O2S. The van der Waals surface area contributed by atoms with E-state index in [1.807, 2.05) is 24.3 Å². The maximum Gasteiger partial charge on any atom is 0.265 e. The lowest BCUT2D eigenvalue weighted by Gasteiger charge is -2.30. The van der Waals surface area contributed by atoms with E-state index < -0.39 is 0 Å². The number of nitrogens with one attached hydrogen (secondary N) is 1. The molecule has 1 N–H and O–H groups in total. The number of hydrogen-bond donors (Lipinski definition) is 1. The van der Waals surface area contributed by atoms with Gasteiger partial charge in [0.1, 0.15) is 12.4 Å². The zero-order valence-corrected chi connectivity index (χ0v) is 16.2. The van der Waals surface area contributed by atoms with Crippen molar-refractivity contribution in [3.05, 3.63) is 64.8 Å². The van der Waals surface area contributed by atoms with Crippen molar-refractivity contribution >= 4 is 35.3 Å². The van der Waals surface area contributed by atoms with E-state index in [9.17, 15) is 14.0 Å². The van der Waals surface area contributed by atoms with Crippen LogP contribution in [0.25, 0.3) is 6.08 Å². The van der Waals surface area contributed by atoms with Crippen LogP contribution in [0.4, 0.5) is 10.1 Å². The Morgan fingerprint density at radius 1 is 1.14 bits per heavy atom. The van der Waals surface area contributed by atoms with Crippen molar-refractivity contribution in [3.63, 3.8) is 0 Å². The van der Waals surface area contributed by atoms with Crippen molar-refractivity contribution in [3.8, 4) is 0 Å². The average molecular weight is 396 g/mol. The van der Waals surface area contributed by atoms with Crippen LogP contribution in [0.1, 0.15) is 31.2 Å². The molecule has 2 aromatic rings. The molecule has 1 aliphatic carbocycles. The number of thioether (sulfide) groups is 1. The topological polar surface area (TPSA) is 49.4 Å². The Hall–Kier alpha value is -2.60. The van der Waals surface area contributed by atoms with Crippen molar-refractivity contribution in [1.82, 2.24) is 5.32 Å². The molecule has 2 amide bonds. The highest BCUT2D eigenvalue weighted by Crippen LogP contribution is 2.42. The summed E-state index contributed by atoms with van der Waals surface area (Å²) < 4.78 is 14.1. The summed E-state index contributed by atoms with van der Waals surface area (Å²) in [7, 11) is 0. The van der Waals surface area contributed by atoms with E-state index in [0.29, 0.717) is 16.2 Å². The third-order valence-corrected chi connectivity index (χ3v) is 6.12. The van der Waals surface area contributed by atoms with Crippen LogP contribution in [0.2, 0.25) is 0 Å². The third-order valence-electron chi connectivity index (χ3n) is 5.05. The molecule has 0 unspecified atom stereocenters. The van der Waals surface area contributed by atoms with Gasteiger partial charge in [-0.15, -0.1) is 0 Å². The molecule has 0 radical (unpaired) electrons. The largest absolute Gasteiger partial charge is 0.352 e. The van der Waals surface area contributed by atoms with Gasteiger partial charge in [-0.25, -0.2) is 4.39 Å². The van der Waals surface area contributed by atoms with Crippen LogP contribution in [-0.4, -0.2) is 24.4 Å². The SMILES string of the molecule is O=C(CN1C(=O)/C(=C/c2ccccc2F)Sc2ccccc21)NC1CCCC1. The van der Waals surface area contributed by atoms with Crippen LogP contribution in [0.5, 0.6) is 0 Å². The van der Waals surface area contributed by atoms with Gasteiger partial charge in [0.15, 0.2) is 0 Å². The highest BCUT2D eigenvalue weighted by atomic mass is 32.2. The minimum absolute atomic E-state index is 0.0402. The summed E-state index contributed by atoms with van der Waals surface area (Å²) in [5.41, 5.74) is 1.07. The van der Waals surface area contributed by atoms with Crippen molar-refractivity contribution < 1.29 is 14.0 Å². The monoisotopic (exact) mass is 396 g/mol. The van der Waals surface area contributed by atoms with Gasteiger partial charge in [-0.3, -0.25) is 14.5 Å². The molecule has 0 spiro atoms.